The number of hydrogen-bond donors (Lipinski definition) is 0. The Balaban J connectivity index is 2.02. The van der Waals surface area contributed by atoms with E-state index >= 15 is 0 Å². The highest BCUT2D eigenvalue weighted by Crippen LogP contribution is 2.19. The molecule has 3 aromatic rings. The molecule has 0 aliphatic rings. The van der Waals surface area contributed by atoms with E-state index < -0.39 is 23.3 Å². The fourth-order valence-corrected chi connectivity index (χ4v) is 2.01. The molecule has 0 aliphatic heterocycles. The molecule has 2 nitrogen and oxygen atoms in total. The van der Waals surface area contributed by atoms with E-state index in [9.17, 15) is 17.6 Å². The first-order chi connectivity index (χ1) is 9.54. The highest BCUT2D eigenvalue weighted by Gasteiger charge is 2.10. The molecule has 0 atom stereocenters. The van der Waals surface area contributed by atoms with Crippen LogP contribution in [0.1, 0.15) is 5.56 Å². The van der Waals surface area contributed by atoms with E-state index in [2.05, 4.69) is 4.98 Å². The minimum Gasteiger partial charge on any atom is -0.326 e. The van der Waals surface area contributed by atoms with Gasteiger partial charge in [-0.25, -0.2) is 22.5 Å². The van der Waals surface area contributed by atoms with Crippen molar-refractivity contribution in [3.63, 3.8) is 0 Å². The third-order valence-corrected chi connectivity index (χ3v) is 3.00. The van der Waals surface area contributed by atoms with Crippen molar-refractivity contribution in [1.29, 1.82) is 0 Å². The van der Waals surface area contributed by atoms with Crippen LogP contribution in [0.5, 0.6) is 0 Å². The zero-order valence-corrected chi connectivity index (χ0v) is 10.1. The van der Waals surface area contributed by atoms with Gasteiger partial charge in [-0.2, -0.15) is 0 Å². The molecule has 2 aromatic carbocycles. The summed E-state index contributed by atoms with van der Waals surface area (Å²) in [5.74, 6) is -3.85. The van der Waals surface area contributed by atoms with Crippen LogP contribution in [0.25, 0.3) is 11.0 Å². The number of hydrogen-bond acceptors (Lipinski definition) is 1. The van der Waals surface area contributed by atoms with Crippen molar-refractivity contribution in [2.24, 2.45) is 0 Å². The van der Waals surface area contributed by atoms with Crippen molar-refractivity contribution >= 4 is 11.0 Å². The Kier molecular flexibility index (Phi) is 2.93. The second-order valence-electron chi connectivity index (χ2n) is 4.38. The number of aromatic nitrogens is 2. The van der Waals surface area contributed by atoms with Gasteiger partial charge < -0.3 is 4.57 Å². The second kappa shape index (κ2) is 4.63. The van der Waals surface area contributed by atoms with E-state index in [0.29, 0.717) is 16.6 Å². The van der Waals surface area contributed by atoms with Crippen molar-refractivity contribution in [2.75, 3.05) is 0 Å². The number of halogens is 4. The topological polar surface area (TPSA) is 17.8 Å². The average molecular weight is 280 g/mol. The lowest BCUT2D eigenvalue weighted by Gasteiger charge is -2.05. The quantitative estimate of drug-likeness (QED) is 0.655. The molecular weight excluding hydrogens is 272 g/mol. The third-order valence-electron chi connectivity index (χ3n) is 3.00. The van der Waals surface area contributed by atoms with Gasteiger partial charge in [-0.1, -0.05) is 6.07 Å². The second-order valence-corrected chi connectivity index (χ2v) is 4.38. The van der Waals surface area contributed by atoms with Gasteiger partial charge in [-0.15, -0.1) is 0 Å². The van der Waals surface area contributed by atoms with Crippen molar-refractivity contribution in [2.45, 2.75) is 6.54 Å². The molecule has 0 saturated heterocycles. The molecule has 0 unspecified atom stereocenters. The Morgan fingerprint density at radius 1 is 0.850 bits per heavy atom. The molecule has 0 radical (unpaired) electrons. The van der Waals surface area contributed by atoms with Gasteiger partial charge in [-0.05, 0) is 17.7 Å². The van der Waals surface area contributed by atoms with Crippen molar-refractivity contribution in [3.8, 4) is 0 Å². The first kappa shape index (κ1) is 12.7. The maximum absolute atomic E-state index is 13.2. The summed E-state index contributed by atoms with van der Waals surface area (Å²) in [5.41, 5.74) is 1.17. The summed E-state index contributed by atoms with van der Waals surface area (Å²) < 4.78 is 53.8. The summed E-state index contributed by atoms with van der Waals surface area (Å²) in [6.07, 6.45) is 1.39. The normalized spacial score (nSPS) is 11.2. The van der Waals surface area contributed by atoms with Crippen LogP contribution in [0.2, 0.25) is 0 Å². The van der Waals surface area contributed by atoms with Gasteiger partial charge in [0.05, 0.1) is 17.4 Å². The van der Waals surface area contributed by atoms with Crippen molar-refractivity contribution < 1.29 is 17.6 Å². The van der Waals surface area contributed by atoms with E-state index in [1.807, 2.05) is 0 Å². The lowest BCUT2D eigenvalue weighted by molar-refractivity contribution is 0.506. The fraction of sp³-hybridized carbons (Fsp3) is 0.0714. The largest absolute Gasteiger partial charge is 0.326 e. The van der Waals surface area contributed by atoms with Crippen LogP contribution in [0.3, 0.4) is 0 Å². The predicted octanol–water partition coefficient (Wildman–Crippen LogP) is 3.64. The number of nitrogens with zero attached hydrogens (tertiary/aromatic N) is 2. The highest BCUT2D eigenvalue weighted by atomic mass is 19.2. The third kappa shape index (κ3) is 2.13. The van der Waals surface area contributed by atoms with Crippen LogP contribution in [0.4, 0.5) is 17.6 Å². The van der Waals surface area contributed by atoms with Crippen LogP contribution in [-0.4, -0.2) is 9.55 Å². The van der Waals surface area contributed by atoms with Crippen LogP contribution in [0, 0.1) is 23.3 Å². The van der Waals surface area contributed by atoms with Crippen molar-refractivity contribution in [3.05, 3.63) is 65.5 Å². The van der Waals surface area contributed by atoms with Crippen LogP contribution >= 0.6 is 0 Å². The maximum atomic E-state index is 13.2. The molecule has 1 aromatic heterocycles. The van der Waals surface area contributed by atoms with Crippen LogP contribution in [0.15, 0.2) is 36.7 Å². The molecule has 1 heterocycles. The summed E-state index contributed by atoms with van der Waals surface area (Å²) in [7, 11) is 0. The Bertz CT molecular complexity index is 795. The van der Waals surface area contributed by atoms with E-state index in [1.54, 1.807) is 0 Å². The van der Waals surface area contributed by atoms with Crippen molar-refractivity contribution in [1.82, 2.24) is 9.55 Å². The van der Waals surface area contributed by atoms with Crippen LogP contribution < -0.4 is 0 Å². The molecule has 0 N–H and O–H groups in total. The molecular formula is C14H8F4N2. The van der Waals surface area contributed by atoms with Gasteiger partial charge in [0.2, 0.25) is 0 Å². The zero-order chi connectivity index (χ0) is 14.3. The highest BCUT2D eigenvalue weighted by molar-refractivity contribution is 5.75. The summed E-state index contributed by atoms with van der Waals surface area (Å²) in [6.45, 7) is 0.179. The molecule has 0 aliphatic carbocycles. The lowest BCUT2D eigenvalue weighted by Crippen LogP contribution is -2.00. The summed E-state index contributed by atoms with van der Waals surface area (Å²) >= 11 is 0. The van der Waals surface area contributed by atoms with E-state index in [1.165, 1.54) is 17.0 Å². The summed E-state index contributed by atoms with van der Waals surface area (Å²) in [6, 6.07) is 5.51. The maximum Gasteiger partial charge on any atom is 0.161 e. The Morgan fingerprint density at radius 3 is 2.30 bits per heavy atom. The molecule has 0 bridgehead atoms. The Hall–Kier alpha value is -2.37. The minimum absolute atomic E-state index is 0.179. The average Bonchev–Trinajstić information content (AvgIpc) is 2.77. The Morgan fingerprint density at radius 2 is 1.55 bits per heavy atom. The molecule has 0 fully saturated rings. The minimum atomic E-state index is -0.982. The summed E-state index contributed by atoms with van der Waals surface area (Å²) in [4.78, 5) is 3.95. The van der Waals surface area contributed by atoms with Gasteiger partial charge in [0.25, 0.3) is 0 Å². The Labute approximate surface area is 111 Å². The monoisotopic (exact) mass is 280 g/mol. The number of rotatable bonds is 2. The smallest absolute Gasteiger partial charge is 0.161 e. The summed E-state index contributed by atoms with van der Waals surface area (Å²) in [5, 5.41) is 0. The van der Waals surface area contributed by atoms with Gasteiger partial charge in [0.15, 0.2) is 23.3 Å². The number of imidazole rings is 1. The fourth-order valence-electron chi connectivity index (χ4n) is 2.01. The first-order valence-corrected chi connectivity index (χ1v) is 5.78. The van der Waals surface area contributed by atoms with Gasteiger partial charge in [-0.3, -0.25) is 0 Å². The van der Waals surface area contributed by atoms with E-state index in [-0.39, 0.29) is 6.54 Å². The van der Waals surface area contributed by atoms with Crippen LogP contribution in [-0.2, 0) is 6.54 Å². The molecule has 0 saturated carbocycles. The number of benzene rings is 2. The molecule has 0 amide bonds. The van der Waals surface area contributed by atoms with Gasteiger partial charge in [0, 0.05) is 18.7 Å². The first-order valence-electron chi connectivity index (χ1n) is 5.78. The molecule has 6 heteroatoms. The standard InChI is InChI=1S/C14H8F4N2/c15-9-2-1-8(3-10(9)16)6-20-7-19-13-4-11(17)12(18)5-14(13)20/h1-5,7H,6H2. The van der Waals surface area contributed by atoms with Gasteiger partial charge in [0.1, 0.15) is 0 Å². The SMILES string of the molecule is Fc1ccc(Cn2cnc3cc(F)c(F)cc32)cc1F. The molecule has 0 spiro atoms. The van der Waals surface area contributed by atoms with E-state index in [0.717, 1.165) is 24.3 Å². The zero-order valence-electron chi connectivity index (χ0n) is 10.1. The molecule has 20 heavy (non-hydrogen) atoms. The predicted molar refractivity (Wildman–Crippen MR) is 65.1 cm³/mol. The molecule has 102 valence electrons. The van der Waals surface area contributed by atoms with E-state index in [4.69, 9.17) is 0 Å². The number of fused-ring (bicyclic) bond motifs is 1. The van der Waals surface area contributed by atoms with Gasteiger partial charge >= 0.3 is 0 Å². The lowest BCUT2D eigenvalue weighted by atomic mass is 10.2. The molecule has 3 rings (SSSR count).